The monoisotopic (exact) mass is 223 g/mol. The first kappa shape index (κ1) is 13.2. The van der Waals surface area contributed by atoms with Crippen LogP contribution in [0.15, 0.2) is 12.4 Å². The summed E-state index contributed by atoms with van der Waals surface area (Å²) in [6, 6.07) is 0. The number of hydrogen-bond acceptors (Lipinski definition) is 2. The molecule has 0 aliphatic rings. The minimum absolute atomic E-state index is 0.243. The van der Waals surface area contributed by atoms with Crippen LogP contribution < -0.4 is 5.32 Å². The van der Waals surface area contributed by atoms with Gasteiger partial charge in [-0.05, 0) is 30.4 Å². The smallest absolute Gasteiger partial charge is 0.0518 e. The molecule has 0 spiro atoms. The second kappa shape index (κ2) is 5.48. The molecule has 92 valence electrons. The predicted molar refractivity (Wildman–Crippen MR) is 68.5 cm³/mol. The van der Waals surface area contributed by atoms with Crippen molar-refractivity contribution in [2.75, 3.05) is 13.1 Å². The van der Waals surface area contributed by atoms with Gasteiger partial charge in [-0.15, -0.1) is 0 Å². The molecule has 1 aromatic heterocycles. The maximum atomic E-state index is 4.33. The molecule has 0 saturated carbocycles. The molecule has 0 aliphatic heterocycles. The highest BCUT2D eigenvalue weighted by Crippen LogP contribution is 2.16. The number of nitrogens with one attached hydrogen (secondary N) is 1. The molecule has 0 saturated heterocycles. The van der Waals surface area contributed by atoms with Gasteiger partial charge in [-0.25, -0.2) is 0 Å². The Hall–Kier alpha value is -0.830. The second-order valence-electron chi connectivity index (χ2n) is 5.90. The van der Waals surface area contributed by atoms with E-state index in [-0.39, 0.29) is 5.41 Å². The van der Waals surface area contributed by atoms with Gasteiger partial charge < -0.3 is 5.32 Å². The number of hydrogen-bond donors (Lipinski definition) is 1. The second-order valence-corrected chi connectivity index (χ2v) is 5.90. The summed E-state index contributed by atoms with van der Waals surface area (Å²) in [6.45, 7) is 14.2. The summed E-state index contributed by atoms with van der Waals surface area (Å²) in [5.41, 5.74) is 1.47. The van der Waals surface area contributed by atoms with Crippen LogP contribution >= 0.6 is 0 Å². The van der Waals surface area contributed by atoms with Crippen molar-refractivity contribution in [2.45, 2.75) is 41.2 Å². The van der Waals surface area contributed by atoms with Crippen molar-refractivity contribution in [2.24, 2.45) is 11.3 Å². The van der Waals surface area contributed by atoms with Crippen molar-refractivity contribution >= 4 is 0 Å². The zero-order chi connectivity index (χ0) is 12.2. The van der Waals surface area contributed by atoms with Gasteiger partial charge in [0.05, 0.1) is 6.20 Å². The zero-order valence-corrected chi connectivity index (χ0v) is 11.2. The Morgan fingerprint density at radius 2 is 2.12 bits per heavy atom. The summed E-state index contributed by atoms with van der Waals surface area (Å²) >= 11 is 0. The molecule has 0 amide bonds. The standard InChI is InChI=1S/C13H25N3/c1-11(2)6-14-9-13(4,5)10-16-8-12(3)7-15-16/h7-8,11,14H,6,9-10H2,1-5H3. The highest BCUT2D eigenvalue weighted by Gasteiger charge is 2.18. The summed E-state index contributed by atoms with van der Waals surface area (Å²) in [5, 5.41) is 7.84. The van der Waals surface area contributed by atoms with Crippen molar-refractivity contribution in [3.05, 3.63) is 18.0 Å². The summed E-state index contributed by atoms with van der Waals surface area (Å²) in [4.78, 5) is 0. The Morgan fingerprint density at radius 1 is 1.44 bits per heavy atom. The van der Waals surface area contributed by atoms with Gasteiger partial charge in [-0.2, -0.15) is 5.10 Å². The fourth-order valence-electron chi connectivity index (χ4n) is 1.75. The first-order valence-corrected chi connectivity index (χ1v) is 6.09. The van der Waals surface area contributed by atoms with E-state index in [0.717, 1.165) is 19.6 Å². The van der Waals surface area contributed by atoms with Crippen molar-refractivity contribution in [3.8, 4) is 0 Å². The van der Waals surface area contributed by atoms with E-state index < -0.39 is 0 Å². The molecule has 0 bridgehead atoms. The number of aromatic nitrogens is 2. The van der Waals surface area contributed by atoms with Gasteiger partial charge in [0.15, 0.2) is 0 Å². The third-order valence-corrected chi connectivity index (χ3v) is 2.51. The molecule has 0 aromatic carbocycles. The van der Waals surface area contributed by atoms with Crippen LogP contribution in [-0.4, -0.2) is 22.9 Å². The normalized spacial score (nSPS) is 12.4. The van der Waals surface area contributed by atoms with Crippen molar-refractivity contribution in [3.63, 3.8) is 0 Å². The molecule has 1 rings (SSSR count). The summed E-state index contributed by atoms with van der Waals surface area (Å²) in [6.07, 6.45) is 4.02. The molecular formula is C13H25N3. The maximum absolute atomic E-state index is 4.33. The minimum Gasteiger partial charge on any atom is -0.316 e. The predicted octanol–water partition coefficient (Wildman–Crippen LogP) is 2.46. The molecule has 1 N–H and O–H groups in total. The van der Waals surface area contributed by atoms with Crippen LogP contribution in [-0.2, 0) is 6.54 Å². The molecule has 3 nitrogen and oxygen atoms in total. The Labute approximate surface area is 99.2 Å². The molecule has 1 heterocycles. The SMILES string of the molecule is Cc1cnn(CC(C)(C)CNCC(C)C)c1. The van der Waals surface area contributed by atoms with E-state index in [1.807, 2.05) is 10.9 Å². The molecular weight excluding hydrogens is 198 g/mol. The van der Waals surface area contributed by atoms with Gasteiger partial charge in [0, 0.05) is 19.3 Å². The first-order valence-electron chi connectivity index (χ1n) is 6.09. The van der Waals surface area contributed by atoms with Crippen LogP contribution in [0.25, 0.3) is 0 Å². The fourth-order valence-corrected chi connectivity index (χ4v) is 1.75. The summed E-state index contributed by atoms with van der Waals surface area (Å²) < 4.78 is 2.03. The number of nitrogens with zero attached hydrogens (tertiary/aromatic N) is 2. The van der Waals surface area contributed by atoms with Gasteiger partial charge in [0.1, 0.15) is 0 Å². The largest absolute Gasteiger partial charge is 0.316 e. The molecule has 0 atom stereocenters. The average molecular weight is 223 g/mol. The van der Waals surface area contributed by atoms with Gasteiger partial charge in [-0.1, -0.05) is 27.7 Å². The van der Waals surface area contributed by atoms with E-state index in [0.29, 0.717) is 5.92 Å². The minimum atomic E-state index is 0.243. The molecule has 16 heavy (non-hydrogen) atoms. The van der Waals surface area contributed by atoms with Crippen molar-refractivity contribution in [1.29, 1.82) is 0 Å². The van der Waals surface area contributed by atoms with E-state index >= 15 is 0 Å². The van der Waals surface area contributed by atoms with Crippen LogP contribution in [0.1, 0.15) is 33.3 Å². The number of aryl methyl sites for hydroxylation is 1. The lowest BCUT2D eigenvalue weighted by Gasteiger charge is -2.25. The van der Waals surface area contributed by atoms with E-state index in [1.165, 1.54) is 5.56 Å². The third kappa shape index (κ3) is 4.79. The van der Waals surface area contributed by atoms with Crippen LogP contribution in [0.2, 0.25) is 0 Å². The molecule has 0 fully saturated rings. The van der Waals surface area contributed by atoms with Crippen LogP contribution in [0, 0.1) is 18.3 Å². The third-order valence-electron chi connectivity index (χ3n) is 2.51. The lowest BCUT2D eigenvalue weighted by Crippen LogP contribution is -2.34. The topological polar surface area (TPSA) is 29.9 Å². The van der Waals surface area contributed by atoms with Crippen LogP contribution in [0.5, 0.6) is 0 Å². The molecule has 1 aromatic rings. The zero-order valence-electron chi connectivity index (χ0n) is 11.2. The highest BCUT2D eigenvalue weighted by atomic mass is 15.3. The number of rotatable bonds is 6. The van der Waals surface area contributed by atoms with E-state index in [4.69, 9.17) is 0 Å². The fraction of sp³-hybridized carbons (Fsp3) is 0.769. The molecule has 0 aliphatic carbocycles. The van der Waals surface area contributed by atoms with E-state index in [1.54, 1.807) is 0 Å². The summed E-state index contributed by atoms with van der Waals surface area (Å²) in [7, 11) is 0. The molecule has 0 radical (unpaired) electrons. The highest BCUT2D eigenvalue weighted by molar-refractivity contribution is 4.99. The molecule has 0 unspecified atom stereocenters. The van der Waals surface area contributed by atoms with Gasteiger partial charge in [-0.3, -0.25) is 4.68 Å². The molecule has 3 heteroatoms. The maximum Gasteiger partial charge on any atom is 0.0518 e. The Balaban J connectivity index is 2.39. The lowest BCUT2D eigenvalue weighted by atomic mass is 9.93. The van der Waals surface area contributed by atoms with Crippen LogP contribution in [0.3, 0.4) is 0 Å². The summed E-state index contributed by atoms with van der Waals surface area (Å²) in [5.74, 6) is 0.711. The van der Waals surface area contributed by atoms with Crippen molar-refractivity contribution < 1.29 is 0 Å². The Morgan fingerprint density at radius 3 is 2.62 bits per heavy atom. The van der Waals surface area contributed by atoms with Crippen LogP contribution in [0.4, 0.5) is 0 Å². The van der Waals surface area contributed by atoms with E-state index in [2.05, 4.69) is 51.2 Å². The first-order chi connectivity index (χ1) is 7.39. The quantitative estimate of drug-likeness (QED) is 0.803. The van der Waals surface area contributed by atoms with Gasteiger partial charge >= 0.3 is 0 Å². The van der Waals surface area contributed by atoms with Crippen molar-refractivity contribution in [1.82, 2.24) is 15.1 Å². The van der Waals surface area contributed by atoms with Gasteiger partial charge in [0.25, 0.3) is 0 Å². The Kier molecular flexibility index (Phi) is 4.54. The van der Waals surface area contributed by atoms with E-state index in [9.17, 15) is 0 Å². The van der Waals surface area contributed by atoms with Gasteiger partial charge in [0.2, 0.25) is 0 Å². The Bertz CT molecular complexity index is 313. The average Bonchev–Trinajstić information content (AvgIpc) is 2.48. The lowest BCUT2D eigenvalue weighted by molar-refractivity contribution is 0.272.